The predicted octanol–water partition coefficient (Wildman–Crippen LogP) is 6.44. The number of amides is 1. The number of benzene rings is 3. The van der Waals surface area contributed by atoms with E-state index in [4.69, 9.17) is 14.1 Å². The Bertz CT molecular complexity index is 2360. The molecule has 1 atom stereocenters. The number of aryl methyl sites for hydroxylation is 1. The molecule has 1 aliphatic heterocycles. The van der Waals surface area contributed by atoms with E-state index in [0.717, 1.165) is 16.1 Å². The molecule has 48 heavy (non-hydrogen) atoms. The maximum Gasteiger partial charge on any atom is 0.255 e. The van der Waals surface area contributed by atoms with Gasteiger partial charge in [0, 0.05) is 42.1 Å². The SMILES string of the molecule is CNC(=O)c1c(-c2ccc(C)cc2)oc2cc(N(C)S(C)(=O)=O)c(-c3ccc4c(n3)-c3cc5c(F)cccc5n3C(CN(C)C)O4)cc12. The quantitative estimate of drug-likeness (QED) is 0.209. The van der Waals surface area contributed by atoms with Crippen LogP contribution in [0.3, 0.4) is 0 Å². The van der Waals surface area contributed by atoms with Crippen molar-refractivity contribution in [2.45, 2.75) is 13.2 Å². The Kier molecular flexibility index (Phi) is 7.52. The average Bonchev–Trinajstić information content (AvgIpc) is 3.63. The Morgan fingerprint density at radius 3 is 2.46 bits per heavy atom. The van der Waals surface area contributed by atoms with Crippen molar-refractivity contribution >= 4 is 43.5 Å². The summed E-state index contributed by atoms with van der Waals surface area (Å²) in [5, 5.41) is 3.64. The zero-order chi connectivity index (χ0) is 34.1. The molecule has 1 aliphatic rings. The van der Waals surface area contributed by atoms with Gasteiger partial charge in [0.15, 0.2) is 6.23 Å². The molecule has 1 unspecified atom stereocenters. The van der Waals surface area contributed by atoms with Gasteiger partial charge in [-0.05, 0) is 57.4 Å². The van der Waals surface area contributed by atoms with Gasteiger partial charge in [-0.15, -0.1) is 0 Å². The molecule has 0 saturated heterocycles. The number of fused-ring (bicyclic) bond motifs is 6. The van der Waals surface area contributed by atoms with E-state index in [1.807, 2.05) is 60.8 Å². The van der Waals surface area contributed by atoms with Gasteiger partial charge in [-0.1, -0.05) is 35.9 Å². The molecule has 10 nitrogen and oxygen atoms in total. The summed E-state index contributed by atoms with van der Waals surface area (Å²) in [5.41, 5.74) is 5.39. The number of anilines is 1. The van der Waals surface area contributed by atoms with Gasteiger partial charge >= 0.3 is 0 Å². The molecule has 0 bridgehead atoms. The fourth-order valence-electron chi connectivity index (χ4n) is 6.25. The molecule has 0 aliphatic carbocycles. The highest BCUT2D eigenvalue weighted by Gasteiger charge is 2.32. The largest absolute Gasteiger partial charge is 0.466 e. The molecular weight excluding hydrogens is 633 g/mol. The monoisotopic (exact) mass is 667 g/mol. The lowest BCUT2D eigenvalue weighted by molar-refractivity contribution is 0.0963. The van der Waals surface area contributed by atoms with Crippen molar-refractivity contribution in [3.63, 3.8) is 0 Å². The zero-order valence-corrected chi connectivity index (χ0v) is 28.1. The summed E-state index contributed by atoms with van der Waals surface area (Å²) in [5.74, 6) is 0.158. The fourth-order valence-corrected chi connectivity index (χ4v) is 6.76. The van der Waals surface area contributed by atoms with E-state index in [-0.39, 0.29) is 11.7 Å². The lowest BCUT2D eigenvalue weighted by Crippen LogP contribution is -2.31. The second kappa shape index (κ2) is 11.5. The van der Waals surface area contributed by atoms with Crippen LogP contribution in [0.4, 0.5) is 10.1 Å². The molecule has 0 fully saturated rings. The van der Waals surface area contributed by atoms with Crippen LogP contribution in [0.15, 0.2) is 77.2 Å². The van der Waals surface area contributed by atoms with Gasteiger partial charge < -0.3 is 23.9 Å². The van der Waals surface area contributed by atoms with Crippen LogP contribution in [-0.4, -0.2) is 69.8 Å². The van der Waals surface area contributed by atoms with Crippen LogP contribution in [0.25, 0.3) is 55.8 Å². The topological polar surface area (TPSA) is 110 Å². The lowest BCUT2D eigenvalue weighted by atomic mass is 10.00. The number of halogens is 1. The number of carbonyl (C=O) groups excluding carboxylic acids is 1. The molecule has 3 aromatic heterocycles. The van der Waals surface area contributed by atoms with Crippen molar-refractivity contribution in [2.75, 3.05) is 45.3 Å². The van der Waals surface area contributed by atoms with Crippen molar-refractivity contribution in [1.29, 1.82) is 0 Å². The molecule has 1 N–H and O–H groups in total. The third-order valence-electron chi connectivity index (χ3n) is 8.69. The van der Waals surface area contributed by atoms with Crippen LogP contribution >= 0.6 is 0 Å². The summed E-state index contributed by atoms with van der Waals surface area (Å²) in [4.78, 5) is 20.4. The number of nitrogens with one attached hydrogen (secondary N) is 1. The minimum atomic E-state index is -3.73. The van der Waals surface area contributed by atoms with Gasteiger partial charge in [-0.25, -0.2) is 17.8 Å². The highest BCUT2D eigenvalue weighted by atomic mass is 32.2. The van der Waals surface area contributed by atoms with Crippen LogP contribution in [0.2, 0.25) is 0 Å². The third kappa shape index (κ3) is 5.17. The van der Waals surface area contributed by atoms with Crippen LogP contribution < -0.4 is 14.4 Å². The van der Waals surface area contributed by atoms with Gasteiger partial charge in [0.25, 0.3) is 5.91 Å². The van der Waals surface area contributed by atoms with E-state index in [2.05, 4.69) is 5.32 Å². The number of likely N-dealkylation sites (N-methyl/N-ethyl adjacent to an activating group) is 1. The first-order chi connectivity index (χ1) is 22.8. The summed E-state index contributed by atoms with van der Waals surface area (Å²) in [7, 11) is 3.15. The molecule has 1 amide bonds. The number of pyridine rings is 1. The van der Waals surface area contributed by atoms with Crippen LogP contribution in [0, 0.1) is 12.7 Å². The minimum absolute atomic E-state index is 0.305. The van der Waals surface area contributed by atoms with Crippen molar-refractivity contribution in [3.05, 3.63) is 89.7 Å². The van der Waals surface area contributed by atoms with E-state index in [9.17, 15) is 13.2 Å². The highest BCUT2D eigenvalue weighted by Crippen LogP contribution is 2.45. The summed E-state index contributed by atoms with van der Waals surface area (Å²) in [6, 6.07) is 21.2. The first kappa shape index (κ1) is 31.4. The molecule has 0 saturated carbocycles. The van der Waals surface area contributed by atoms with Crippen LogP contribution in [0.5, 0.6) is 5.75 Å². The van der Waals surface area contributed by atoms with Gasteiger partial charge in [0.05, 0.1) is 41.0 Å². The minimum Gasteiger partial charge on any atom is -0.466 e. The number of nitrogens with zero attached hydrogens (tertiary/aromatic N) is 4. The molecular formula is C36H34FN5O5S. The van der Waals surface area contributed by atoms with Gasteiger partial charge in [-0.2, -0.15) is 0 Å². The molecule has 246 valence electrons. The summed E-state index contributed by atoms with van der Waals surface area (Å²) < 4.78 is 56.8. The number of carbonyl (C=O) groups is 1. The van der Waals surface area contributed by atoms with Crippen LogP contribution in [0.1, 0.15) is 22.1 Å². The fraction of sp³-hybridized carbons (Fsp3) is 0.222. The maximum atomic E-state index is 15.1. The molecule has 4 heterocycles. The van der Waals surface area contributed by atoms with E-state index in [1.165, 1.54) is 13.1 Å². The van der Waals surface area contributed by atoms with Crippen molar-refractivity contribution < 1.29 is 26.8 Å². The van der Waals surface area contributed by atoms with Crippen LogP contribution in [-0.2, 0) is 10.0 Å². The summed E-state index contributed by atoms with van der Waals surface area (Å²) >= 11 is 0. The van der Waals surface area contributed by atoms with Crippen molar-refractivity contribution in [2.24, 2.45) is 0 Å². The standard InChI is InChI=1S/C36H34FN5O5S/c1-20-10-12-21(13-11-20)35-33(36(43)38-2)24-16-23(28(18-31(24)47-35)41(5)48(6,44)45)26-14-15-30-34(39-26)29-17-22-25(37)8-7-9-27(22)42(29)32(46-30)19-40(3)4/h7-18,32H,19H2,1-6H3,(H,38,43). The Morgan fingerprint density at radius 2 is 1.77 bits per heavy atom. The van der Waals surface area contributed by atoms with E-state index < -0.39 is 16.3 Å². The summed E-state index contributed by atoms with van der Waals surface area (Å²) in [6.07, 6.45) is 0.668. The average molecular weight is 668 g/mol. The third-order valence-corrected chi connectivity index (χ3v) is 9.88. The first-order valence-electron chi connectivity index (χ1n) is 15.3. The van der Waals surface area contributed by atoms with E-state index in [1.54, 1.807) is 43.4 Å². The Morgan fingerprint density at radius 1 is 1.02 bits per heavy atom. The molecule has 3 aromatic carbocycles. The number of hydrogen-bond acceptors (Lipinski definition) is 7. The number of aromatic nitrogens is 2. The van der Waals surface area contributed by atoms with Gasteiger partial charge in [-0.3, -0.25) is 9.10 Å². The second-order valence-corrected chi connectivity index (χ2v) is 14.3. The Labute approximate surface area is 277 Å². The highest BCUT2D eigenvalue weighted by molar-refractivity contribution is 7.92. The second-order valence-electron chi connectivity index (χ2n) is 12.3. The van der Waals surface area contributed by atoms with Gasteiger partial charge in [0.2, 0.25) is 10.0 Å². The number of furan rings is 1. The molecule has 7 rings (SSSR count). The number of hydrogen-bond donors (Lipinski definition) is 1. The molecule has 0 spiro atoms. The molecule has 12 heteroatoms. The predicted molar refractivity (Wildman–Crippen MR) is 185 cm³/mol. The van der Waals surface area contributed by atoms with Gasteiger partial charge in [0.1, 0.15) is 28.6 Å². The maximum absolute atomic E-state index is 15.1. The lowest BCUT2D eigenvalue weighted by Gasteiger charge is -2.31. The van der Waals surface area contributed by atoms with Crippen molar-refractivity contribution in [1.82, 2.24) is 19.8 Å². The molecule has 0 radical (unpaired) electrons. The van der Waals surface area contributed by atoms with Crippen molar-refractivity contribution in [3.8, 4) is 39.7 Å². The Balaban J connectivity index is 1.49. The molecule has 6 aromatic rings. The number of sulfonamides is 1. The smallest absolute Gasteiger partial charge is 0.255 e. The van der Waals surface area contributed by atoms with E-state index >= 15 is 4.39 Å². The normalized spacial score (nSPS) is 14.2. The Hall–Kier alpha value is -5.20. The first-order valence-corrected chi connectivity index (χ1v) is 17.2. The summed E-state index contributed by atoms with van der Waals surface area (Å²) in [6.45, 7) is 2.50. The zero-order valence-electron chi connectivity index (χ0n) is 27.3. The number of ether oxygens (including phenoxy) is 1. The number of rotatable bonds is 7. The van der Waals surface area contributed by atoms with E-state index in [0.29, 0.717) is 79.4 Å².